The van der Waals surface area contributed by atoms with Crippen LogP contribution in [-0.2, 0) is 13.0 Å². The highest BCUT2D eigenvalue weighted by molar-refractivity contribution is 6.00. The van der Waals surface area contributed by atoms with Crippen molar-refractivity contribution in [3.05, 3.63) is 52.3 Å². The standard InChI is InChI=1S/C16H20N2O/c1-5-18-10-14(9-17-18)8-15(19)16-12(3)6-11(2)7-13(16)4/h6-7,9-10H,5,8H2,1-4H3. The summed E-state index contributed by atoms with van der Waals surface area (Å²) in [5.74, 6) is 0.172. The van der Waals surface area contributed by atoms with Gasteiger partial charge in [-0.3, -0.25) is 9.48 Å². The average molecular weight is 256 g/mol. The number of benzene rings is 1. The molecule has 1 aromatic carbocycles. The minimum absolute atomic E-state index is 0.172. The van der Waals surface area contributed by atoms with Gasteiger partial charge < -0.3 is 0 Å². The van der Waals surface area contributed by atoms with E-state index in [4.69, 9.17) is 0 Å². The molecule has 0 atom stereocenters. The van der Waals surface area contributed by atoms with E-state index in [0.717, 1.165) is 28.8 Å². The summed E-state index contributed by atoms with van der Waals surface area (Å²) in [4.78, 5) is 12.4. The van der Waals surface area contributed by atoms with Crippen molar-refractivity contribution in [1.29, 1.82) is 0 Å². The van der Waals surface area contributed by atoms with Crippen molar-refractivity contribution in [2.24, 2.45) is 0 Å². The summed E-state index contributed by atoms with van der Waals surface area (Å²) in [6.45, 7) is 8.93. The molecule has 19 heavy (non-hydrogen) atoms. The minimum atomic E-state index is 0.172. The Morgan fingerprint density at radius 1 is 1.21 bits per heavy atom. The highest BCUT2D eigenvalue weighted by Crippen LogP contribution is 2.18. The molecule has 100 valence electrons. The van der Waals surface area contributed by atoms with Crippen LogP contribution < -0.4 is 0 Å². The van der Waals surface area contributed by atoms with E-state index in [1.54, 1.807) is 6.20 Å². The number of nitrogens with zero attached hydrogens (tertiary/aromatic N) is 2. The van der Waals surface area contributed by atoms with Crippen LogP contribution in [0, 0.1) is 20.8 Å². The SMILES string of the molecule is CCn1cc(CC(=O)c2c(C)cc(C)cc2C)cn1. The molecule has 0 N–H and O–H groups in total. The first-order valence-corrected chi connectivity index (χ1v) is 6.63. The second kappa shape index (κ2) is 5.39. The number of ketones is 1. The van der Waals surface area contributed by atoms with Crippen LogP contribution >= 0.6 is 0 Å². The van der Waals surface area contributed by atoms with E-state index >= 15 is 0 Å². The third-order valence-electron chi connectivity index (χ3n) is 3.33. The summed E-state index contributed by atoms with van der Waals surface area (Å²) in [6, 6.07) is 4.13. The van der Waals surface area contributed by atoms with Crippen molar-refractivity contribution >= 4 is 5.78 Å². The highest BCUT2D eigenvalue weighted by atomic mass is 16.1. The molecule has 0 saturated heterocycles. The molecule has 1 aromatic heterocycles. The van der Waals surface area contributed by atoms with Crippen LogP contribution in [0.4, 0.5) is 0 Å². The summed E-state index contributed by atoms with van der Waals surface area (Å²) in [6.07, 6.45) is 4.14. The lowest BCUT2D eigenvalue weighted by atomic mass is 9.94. The van der Waals surface area contributed by atoms with E-state index in [0.29, 0.717) is 6.42 Å². The summed E-state index contributed by atoms with van der Waals surface area (Å²) in [7, 11) is 0. The van der Waals surface area contributed by atoms with Gasteiger partial charge >= 0.3 is 0 Å². The fourth-order valence-electron chi connectivity index (χ4n) is 2.56. The van der Waals surface area contributed by atoms with Crippen LogP contribution in [0.15, 0.2) is 24.5 Å². The first kappa shape index (κ1) is 13.5. The molecule has 0 radical (unpaired) electrons. The topological polar surface area (TPSA) is 34.9 Å². The van der Waals surface area contributed by atoms with E-state index in [1.165, 1.54) is 5.56 Å². The Morgan fingerprint density at radius 2 is 1.84 bits per heavy atom. The number of Topliss-reactive ketones (excluding diaryl/α,β-unsaturated/α-hetero) is 1. The molecule has 0 aliphatic carbocycles. The molecule has 0 saturated carbocycles. The number of aryl methyl sites for hydroxylation is 4. The molecule has 0 aliphatic rings. The monoisotopic (exact) mass is 256 g/mol. The van der Waals surface area contributed by atoms with Gasteiger partial charge in [0.1, 0.15) is 0 Å². The Labute approximate surface area is 114 Å². The van der Waals surface area contributed by atoms with Crippen LogP contribution in [0.1, 0.15) is 39.5 Å². The Kier molecular flexibility index (Phi) is 3.84. The third kappa shape index (κ3) is 2.92. The first-order valence-electron chi connectivity index (χ1n) is 6.63. The van der Waals surface area contributed by atoms with Gasteiger partial charge in [0.25, 0.3) is 0 Å². The number of carbonyl (C=O) groups excluding carboxylic acids is 1. The summed E-state index contributed by atoms with van der Waals surface area (Å²) in [5.41, 5.74) is 5.15. The molecule has 0 amide bonds. The van der Waals surface area contributed by atoms with Gasteiger partial charge in [0.15, 0.2) is 5.78 Å². The third-order valence-corrected chi connectivity index (χ3v) is 3.33. The zero-order valence-corrected chi connectivity index (χ0v) is 12.0. The zero-order chi connectivity index (χ0) is 14.0. The molecule has 0 aliphatic heterocycles. The normalized spacial score (nSPS) is 10.7. The van der Waals surface area contributed by atoms with Gasteiger partial charge in [0, 0.05) is 24.7 Å². The Bertz CT molecular complexity index is 588. The molecule has 1 heterocycles. The smallest absolute Gasteiger partial charge is 0.167 e. The van der Waals surface area contributed by atoms with E-state index in [2.05, 4.69) is 24.2 Å². The second-order valence-corrected chi connectivity index (χ2v) is 5.08. The van der Waals surface area contributed by atoms with Crippen LogP contribution in [0.25, 0.3) is 0 Å². The van der Waals surface area contributed by atoms with Crippen molar-refractivity contribution < 1.29 is 4.79 Å². The molecular weight excluding hydrogens is 236 g/mol. The van der Waals surface area contributed by atoms with Crippen LogP contribution in [0.2, 0.25) is 0 Å². The first-order chi connectivity index (χ1) is 9.01. The number of hydrogen-bond acceptors (Lipinski definition) is 2. The van der Waals surface area contributed by atoms with E-state index in [-0.39, 0.29) is 5.78 Å². The molecule has 2 rings (SSSR count). The fraction of sp³-hybridized carbons (Fsp3) is 0.375. The van der Waals surface area contributed by atoms with Crippen molar-refractivity contribution in [1.82, 2.24) is 9.78 Å². The lowest BCUT2D eigenvalue weighted by molar-refractivity contribution is 0.0992. The lowest BCUT2D eigenvalue weighted by Crippen LogP contribution is -2.08. The number of aromatic nitrogens is 2. The second-order valence-electron chi connectivity index (χ2n) is 5.08. The van der Waals surface area contributed by atoms with E-state index in [9.17, 15) is 4.79 Å². The van der Waals surface area contributed by atoms with Crippen LogP contribution in [0.3, 0.4) is 0 Å². The van der Waals surface area contributed by atoms with Crippen LogP contribution in [0.5, 0.6) is 0 Å². The Hall–Kier alpha value is -1.90. The maximum Gasteiger partial charge on any atom is 0.167 e. The maximum atomic E-state index is 12.4. The number of carbonyl (C=O) groups is 1. The predicted octanol–water partition coefficient (Wildman–Crippen LogP) is 3.25. The molecule has 0 fully saturated rings. The van der Waals surface area contributed by atoms with Gasteiger partial charge in [0.05, 0.1) is 6.20 Å². The summed E-state index contributed by atoms with van der Waals surface area (Å²) < 4.78 is 1.84. The quantitative estimate of drug-likeness (QED) is 0.787. The van der Waals surface area contributed by atoms with Gasteiger partial charge in [-0.15, -0.1) is 0 Å². The van der Waals surface area contributed by atoms with Gasteiger partial charge in [-0.05, 0) is 44.4 Å². The van der Waals surface area contributed by atoms with Crippen molar-refractivity contribution in [2.75, 3.05) is 0 Å². The van der Waals surface area contributed by atoms with Crippen LogP contribution in [-0.4, -0.2) is 15.6 Å². The number of hydrogen-bond donors (Lipinski definition) is 0. The van der Waals surface area contributed by atoms with E-state index < -0.39 is 0 Å². The van der Waals surface area contributed by atoms with Gasteiger partial charge in [0.2, 0.25) is 0 Å². The molecule has 3 nitrogen and oxygen atoms in total. The lowest BCUT2D eigenvalue weighted by Gasteiger charge is -2.09. The summed E-state index contributed by atoms with van der Waals surface area (Å²) in [5, 5.41) is 4.20. The highest BCUT2D eigenvalue weighted by Gasteiger charge is 2.14. The summed E-state index contributed by atoms with van der Waals surface area (Å²) >= 11 is 0. The Balaban J connectivity index is 2.25. The van der Waals surface area contributed by atoms with Crippen molar-refractivity contribution in [2.45, 2.75) is 40.7 Å². The maximum absolute atomic E-state index is 12.4. The largest absolute Gasteiger partial charge is 0.294 e. The fourth-order valence-corrected chi connectivity index (χ4v) is 2.56. The molecule has 0 spiro atoms. The zero-order valence-electron chi connectivity index (χ0n) is 12.0. The molecule has 2 aromatic rings. The number of rotatable bonds is 4. The molecule has 0 unspecified atom stereocenters. The van der Waals surface area contributed by atoms with Crippen molar-refractivity contribution in [3.63, 3.8) is 0 Å². The predicted molar refractivity (Wildman–Crippen MR) is 76.6 cm³/mol. The van der Waals surface area contributed by atoms with E-state index in [1.807, 2.05) is 31.6 Å². The molecule has 3 heteroatoms. The average Bonchev–Trinajstić information content (AvgIpc) is 2.75. The van der Waals surface area contributed by atoms with Crippen molar-refractivity contribution in [3.8, 4) is 0 Å². The van der Waals surface area contributed by atoms with Gasteiger partial charge in [-0.2, -0.15) is 5.10 Å². The van der Waals surface area contributed by atoms with Gasteiger partial charge in [-0.25, -0.2) is 0 Å². The minimum Gasteiger partial charge on any atom is -0.294 e. The Morgan fingerprint density at radius 3 is 2.37 bits per heavy atom. The molecular formula is C16H20N2O. The molecule has 0 bridgehead atoms. The van der Waals surface area contributed by atoms with Gasteiger partial charge in [-0.1, -0.05) is 17.7 Å².